The van der Waals surface area contributed by atoms with E-state index in [-0.39, 0.29) is 6.29 Å². The largest absolute Gasteiger partial charge is 0.477 e. The zero-order chi connectivity index (χ0) is 67.1. The molecule has 6 aliphatic heterocycles. The Morgan fingerprint density at radius 2 is 0.967 bits per heavy atom. The smallest absolute Gasteiger partial charge is 0.364 e. The first kappa shape index (κ1) is 75.7. The van der Waals surface area contributed by atoms with E-state index in [0.717, 1.165) is 13.8 Å². The minimum absolute atomic E-state index is 0.207. The third-order valence-corrected chi connectivity index (χ3v) is 15.9. The summed E-state index contributed by atoms with van der Waals surface area (Å²) in [6, 6.07) is -3.50. The second-order valence-corrected chi connectivity index (χ2v) is 22.2. The molecule has 41 heteroatoms. The Kier molecular flexibility index (Phi) is 27.7. The SMILES string of the molecule is CC(=O)N[C@H]1[C@H](OC[C@H]2O[C@@H](O[C@@H]([C@H](O)[C@@H](O)C=O)[C@H](O)CO)[C@H](O)[C@@H](O[C@@H]3O[C@H](CO)[C@H](O)[C@H](O[C@@H]4O[C@H](CO)[C@H](O)[C@H](O)[C@H]4O)[C@H]3O)[C@H]2O)O[C@H](CO)[C@@H](O[C@@H]2O[C@H](CO[C@]3(C(=O)O)C[C@H](O)[C@@H](NC(C)=O)[C@H]([C@H](O)[C@H](O)CO)O3)[C@H](O)[C@H](O)[C@H]2O)[C@@H]1O. The molecule has 0 saturated carbocycles. The number of carboxylic acids is 1. The lowest BCUT2D eigenvalue weighted by molar-refractivity contribution is -0.387. The van der Waals surface area contributed by atoms with Crippen molar-refractivity contribution in [2.75, 3.05) is 46.2 Å². The van der Waals surface area contributed by atoms with E-state index in [2.05, 4.69) is 10.6 Å². The molecule has 522 valence electrons. The number of hydrogen-bond donors (Lipinski definition) is 25. The van der Waals surface area contributed by atoms with Gasteiger partial charge in [-0.05, 0) is 0 Å². The Labute approximate surface area is 508 Å². The maximum Gasteiger partial charge on any atom is 0.364 e. The number of aliphatic hydroxyl groups excluding tert-OH is 22. The van der Waals surface area contributed by atoms with Gasteiger partial charge in [0, 0.05) is 20.3 Å². The molecule has 6 rings (SSSR count). The number of carboxylic acid groups (broad SMARTS) is 1. The number of nitrogens with one attached hydrogen (secondary N) is 2. The molecule has 35 atom stereocenters. The van der Waals surface area contributed by atoms with Crippen molar-refractivity contribution in [1.82, 2.24) is 10.6 Å². The second kappa shape index (κ2) is 32.9. The monoisotopic (exact) mass is 1320 g/mol. The van der Waals surface area contributed by atoms with E-state index < -0.39 is 285 Å². The summed E-state index contributed by atoms with van der Waals surface area (Å²) in [4.78, 5) is 49.1. The Morgan fingerprint density at radius 1 is 0.522 bits per heavy atom. The summed E-state index contributed by atoms with van der Waals surface area (Å²) in [5, 5.41) is 251. The zero-order valence-electron chi connectivity index (χ0n) is 47.7. The van der Waals surface area contributed by atoms with Gasteiger partial charge in [-0.2, -0.15) is 0 Å². The van der Waals surface area contributed by atoms with Crippen molar-refractivity contribution < 1.29 is 193 Å². The summed E-state index contributed by atoms with van der Waals surface area (Å²) >= 11 is 0. The lowest BCUT2D eigenvalue weighted by Crippen LogP contribution is -2.69. The predicted molar refractivity (Wildman–Crippen MR) is 273 cm³/mol. The maximum absolute atomic E-state index is 12.8. The fourth-order valence-corrected chi connectivity index (χ4v) is 10.8. The number of amides is 2. The molecule has 0 spiro atoms. The van der Waals surface area contributed by atoms with Gasteiger partial charge in [-0.1, -0.05) is 0 Å². The highest BCUT2D eigenvalue weighted by atomic mass is 16.8. The number of hydrogen-bond acceptors (Lipinski definition) is 38. The first-order valence-corrected chi connectivity index (χ1v) is 28.0. The Bertz CT molecular complexity index is 2270. The molecule has 0 aliphatic carbocycles. The van der Waals surface area contributed by atoms with E-state index in [1.807, 2.05) is 0 Å². The molecule has 90 heavy (non-hydrogen) atoms. The van der Waals surface area contributed by atoms with E-state index in [1.54, 1.807) is 0 Å². The fraction of sp³-hybridized carbons (Fsp3) is 0.918. The molecule has 6 saturated heterocycles. The maximum atomic E-state index is 12.8. The van der Waals surface area contributed by atoms with Crippen LogP contribution in [0.4, 0.5) is 0 Å². The van der Waals surface area contributed by atoms with E-state index >= 15 is 0 Å². The first-order valence-electron chi connectivity index (χ1n) is 28.0. The van der Waals surface area contributed by atoms with Crippen LogP contribution in [-0.2, 0) is 76.0 Å². The van der Waals surface area contributed by atoms with Crippen LogP contribution in [0.1, 0.15) is 20.3 Å². The van der Waals surface area contributed by atoms with Gasteiger partial charge in [0.05, 0.1) is 58.4 Å². The highest BCUT2D eigenvalue weighted by Gasteiger charge is 2.59. The number of aldehydes is 1. The topological polar surface area (TPSA) is 668 Å². The average Bonchev–Trinajstić information content (AvgIpc) is 0.801. The molecule has 41 nitrogen and oxygen atoms in total. The quantitative estimate of drug-likeness (QED) is 0.0324. The lowest BCUT2D eigenvalue weighted by atomic mass is 9.88. The molecule has 25 N–H and O–H groups in total. The number of aliphatic hydroxyl groups is 22. The summed E-state index contributed by atoms with van der Waals surface area (Å²) in [6.07, 6.45) is -69.4. The molecule has 0 aromatic rings. The number of rotatable bonds is 28. The van der Waals surface area contributed by atoms with E-state index in [0.29, 0.717) is 0 Å². The van der Waals surface area contributed by atoms with Crippen LogP contribution in [-0.4, -0.2) is 402 Å². The van der Waals surface area contributed by atoms with Gasteiger partial charge < -0.3 is 190 Å². The standard InChI is InChI=1S/C49H82N2O39/c1-12(58)50-23-14(60)3-49(48(77)78,90-40(23)26(65)16(62)5-53)80-11-22-28(67)33(72)35(74)45(85-22)87-39-20(9-57)83-43(24(31(39)70)51-13(2)59)79-10-21-30(69)42(37(76)47(84-21)86-38(17(63)6-54)25(64)15(61)4-52)89-46-36(75)41(29(68)19(8-56)82-46)88-44-34(73)32(71)27(66)18(7-55)81-44/h4,14-47,53-57,60-76H,3,5-11H2,1-2H3,(H,50,58)(H,51,59)(H,77,78)/t14-,15-,16+,17+,18+,19+,20+,21+,22+,23+,24+,25+,26+,27-,28-,29-,30-,31+,32-,33-,34+,35+,36+,37+,38+,39+,40+,41-,42-,43+,44-,45-,46-,47-,49+/m0/s1. The van der Waals surface area contributed by atoms with Crippen molar-refractivity contribution in [2.45, 2.75) is 234 Å². The molecule has 0 unspecified atom stereocenters. The summed E-state index contributed by atoms with van der Waals surface area (Å²) in [5.41, 5.74) is 0. The van der Waals surface area contributed by atoms with Crippen molar-refractivity contribution in [3.8, 4) is 0 Å². The summed E-state index contributed by atoms with van der Waals surface area (Å²) in [7, 11) is 0. The van der Waals surface area contributed by atoms with Crippen LogP contribution >= 0.6 is 0 Å². The third-order valence-electron chi connectivity index (χ3n) is 15.9. The van der Waals surface area contributed by atoms with Crippen LogP contribution in [0.15, 0.2) is 0 Å². The molecule has 0 radical (unpaired) electrons. The Hall–Kier alpha value is -3.28. The number of carbonyl (C=O) groups excluding carboxylic acids is 3. The van der Waals surface area contributed by atoms with Gasteiger partial charge in [-0.3, -0.25) is 9.59 Å². The number of carbonyl (C=O) groups is 4. The Balaban J connectivity index is 1.24. The van der Waals surface area contributed by atoms with E-state index in [4.69, 9.17) is 56.8 Å². The number of ether oxygens (including phenoxy) is 12. The molecule has 0 aromatic heterocycles. The number of aliphatic carboxylic acids is 1. The first-order chi connectivity index (χ1) is 42.3. The molecule has 0 aromatic carbocycles. The van der Waals surface area contributed by atoms with E-state index in [1.165, 1.54) is 0 Å². The molecule has 6 aliphatic rings. The molecular formula is C49H82N2O39. The van der Waals surface area contributed by atoms with Crippen LogP contribution in [0.25, 0.3) is 0 Å². The van der Waals surface area contributed by atoms with Gasteiger partial charge in [-0.25, -0.2) is 4.79 Å². The van der Waals surface area contributed by atoms with Crippen molar-refractivity contribution in [3.63, 3.8) is 0 Å². The van der Waals surface area contributed by atoms with Crippen LogP contribution < -0.4 is 10.6 Å². The molecule has 2 amide bonds. The Morgan fingerprint density at radius 3 is 1.48 bits per heavy atom. The molecule has 6 fully saturated rings. The van der Waals surface area contributed by atoms with Crippen LogP contribution in [0.5, 0.6) is 0 Å². The van der Waals surface area contributed by atoms with Gasteiger partial charge in [-0.15, -0.1) is 0 Å². The second-order valence-electron chi connectivity index (χ2n) is 22.2. The zero-order valence-corrected chi connectivity index (χ0v) is 47.7. The highest BCUT2D eigenvalue weighted by molar-refractivity contribution is 5.76. The highest BCUT2D eigenvalue weighted by Crippen LogP contribution is 2.38. The van der Waals surface area contributed by atoms with Gasteiger partial charge >= 0.3 is 5.97 Å². The summed E-state index contributed by atoms with van der Waals surface area (Å²) in [6.45, 7) is -5.93. The normalized spacial score (nSPS) is 44.7. The van der Waals surface area contributed by atoms with E-state index in [9.17, 15) is 137 Å². The van der Waals surface area contributed by atoms with Crippen molar-refractivity contribution in [1.29, 1.82) is 0 Å². The summed E-state index contributed by atoms with van der Waals surface area (Å²) < 4.78 is 68.0. The van der Waals surface area contributed by atoms with Gasteiger partial charge in [0.15, 0.2) is 37.7 Å². The fourth-order valence-electron chi connectivity index (χ4n) is 10.8. The van der Waals surface area contributed by atoms with Gasteiger partial charge in [0.25, 0.3) is 5.79 Å². The van der Waals surface area contributed by atoms with Gasteiger partial charge in [0.1, 0.15) is 165 Å². The van der Waals surface area contributed by atoms with Crippen LogP contribution in [0.2, 0.25) is 0 Å². The summed E-state index contributed by atoms with van der Waals surface area (Å²) in [5.74, 6) is -6.78. The molecule has 6 heterocycles. The minimum Gasteiger partial charge on any atom is -0.477 e. The molecule has 0 bridgehead atoms. The van der Waals surface area contributed by atoms with Crippen LogP contribution in [0, 0.1) is 0 Å². The van der Waals surface area contributed by atoms with Gasteiger partial charge in [0.2, 0.25) is 11.8 Å². The van der Waals surface area contributed by atoms with Crippen molar-refractivity contribution in [2.24, 2.45) is 0 Å². The van der Waals surface area contributed by atoms with Crippen LogP contribution in [0.3, 0.4) is 0 Å². The molecular weight excluding hydrogens is 1240 g/mol. The minimum atomic E-state index is -3.03. The van der Waals surface area contributed by atoms with Crippen molar-refractivity contribution >= 4 is 24.1 Å². The van der Waals surface area contributed by atoms with Crippen molar-refractivity contribution in [3.05, 3.63) is 0 Å². The average molecular weight is 1320 g/mol. The predicted octanol–water partition coefficient (Wildman–Crippen LogP) is -16.9. The third kappa shape index (κ3) is 16.9. The lowest BCUT2D eigenvalue weighted by Gasteiger charge is -2.49.